The minimum Gasteiger partial charge on any atom is -0.334 e. The van der Waals surface area contributed by atoms with Gasteiger partial charge in [-0.15, -0.1) is 0 Å². The van der Waals surface area contributed by atoms with Crippen molar-refractivity contribution in [2.24, 2.45) is 0 Å². The van der Waals surface area contributed by atoms with Gasteiger partial charge in [0.1, 0.15) is 5.82 Å². The molecule has 24 heavy (non-hydrogen) atoms. The number of amides is 2. The van der Waals surface area contributed by atoms with Crippen LogP contribution in [0.5, 0.6) is 0 Å². The lowest BCUT2D eigenvalue weighted by molar-refractivity contribution is 0.251. The van der Waals surface area contributed by atoms with E-state index in [-0.39, 0.29) is 6.03 Å². The van der Waals surface area contributed by atoms with Gasteiger partial charge >= 0.3 is 6.03 Å². The van der Waals surface area contributed by atoms with E-state index in [1.807, 2.05) is 50.2 Å². The first kappa shape index (κ1) is 15.7. The zero-order chi connectivity index (χ0) is 16.9. The molecule has 2 N–H and O–H groups in total. The Balaban J connectivity index is 1.70. The maximum absolute atomic E-state index is 12.1. The predicted octanol–water partition coefficient (Wildman–Crippen LogP) is 2.60. The monoisotopic (exact) mass is 322 g/mol. The number of rotatable bonds is 4. The maximum Gasteiger partial charge on any atom is 0.320 e. The van der Waals surface area contributed by atoms with Gasteiger partial charge in [0.05, 0.1) is 6.20 Å². The summed E-state index contributed by atoms with van der Waals surface area (Å²) < 4.78 is 1.50. The van der Waals surface area contributed by atoms with Crippen LogP contribution in [0, 0.1) is 13.8 Å². The molecule has 3 rings (SSSR count). The molecule has 2 heterocycles. The Morgan fingerprint density at radius 3 is 2.50 bits per heavy atom. The van der Waals surface area contributed by atoms with E-state index in [0.717, 1.165) is 17.0 Å². The maximum atomic E-state index is 12.1. The molecule has 3 aromatic rings. The van der Waals surface area contributed by atoms with E-state index in [4.69, 9.17) is 0 Å². The normalized spacial score (nSPS) is 10.4. The topological polar surface area (TPSA) is 84.7 Å². The van der Waals surface area contributed by atoms with Crippen LogP contribution >= 0.6 is 0 Å². The third-order valence-electron chi connectivity index (χ3n) is 3.34. The van der Waals surface area contributed by atoms with Crippen LogP contribution in [0.25, 0.3) is 5.95 Å². The zero-order valence-electron chi connectivity index (χ0n) is 13.5. The smallest absolute Gasteiger partial charge is 0.320 e. The van der Waals surface area contributed by atoms with Crippen molar-refractivity contribution in [1.29, 1.82) is 0 Å². The molecule has 0 saturated heterocycles. The van der Waals surface area contributed by atoms with Gasteiger partial charge in [-0.2, -0.15) is 9.78 Å². The number of carbonyl (C=O) groups excluding carboxylic acids is 1. The molecular weight excluding hydrogens is 304 g/mol. The van der Waals surface area contributed by atoms with Gasteiger partial charge in [-0.1, -0.05) is 30.3 Å². The summed E-state index contributed by atoms with van der Waals surface area (Å²) in [6.07, 6.45) is 1.59. The van der Waals surface area contributed by atoms with Crippen molar-refractivity contribution in [3.05, 3.63) is 65.6 Å². The number of nitrogens with zero attached hydrogens (tertiary/aromatic N) is 4. The SMILES string of the molecule is Cc1cc(C)nc(-n2nccc2NC(=O)NCc2ccccc2)n1. The Labute approximate surface area is 139 Å². The molecule has 0 aliphatic rings. The molecule has 0 bridgehead atoms. The molecule has 0 aliphatic heterocycles. The number of carbonyl (C=O) groups is 1. The van der Waals surface area contributed by atoms with Gasteiger partial charge in [0.25, 0.3) is 5.95 Å². The lowest BCUT2D eigenvalue weighted by Crippen LogP contribution is -2.29. The van der Waals surface area contributed by atoms with Gasteiger partial charge in [0.15, 0.2) is 0 Å². The summed E-state index contributed by atoms with van der Waals surface area (Å²) in [6, 6.07) is 13.0. The van der Waals surface area contributed by atoms with Crippen LogP contribution in [-0.4, -0.2) is 25.8 Å². The molecule has 2 aromatic heterocycles. The van der Waals surface area contributed by atoms with Gasteiger partial charge in [0, 0.05) is 24.0 Å². The molecule has 0 atom stereocenters. The summed E-state index contributed by atoms with van der Waals surface area (Å²) in [4.78, 5) is 20.8. The Bertz CT molecular complexity index is 823. The average molecular weight is 322 g/mol. The average Bonchev–Trinajstić information content (AvgIpc) is 3.01. The Morgan fingerprint density at radius 2 is 1.79 bits per heavy atom. The molecule has 0 spiro atoms. The van der Waals surface area contributed by atoms with Crippen LogP contribution in [0.2, 0.25) is 0 Å². The molecule has 0 aliphatic carbocycles. The van der Waals surface area contributed by atoms with Crippen molar-refractivity contribution in [3.8, 4) is 5.95 Å². The number of hydrogen-bond donors (Lipinski definition) is 2. The van der Waals surface area contributed by atoms with Crippen molar-refractivity contribution in [2.45, 2.75) is 20.4 Å². The number of anilines is 1. The molecule has 0 fully saturated rings. The van der Waals surface area contributed by atoms with Gasteiger partial charge in [0.2, 0.25) is 0 Å². The summed E-state index contributed by atoms with van der Waals surface area (Å²) in [5, 5.41) is 9.76. The first-order valence-corrected chi connectivity index (χ1v) is 7.57. The van der Waals surface area contributed by atoms with Crippen LogP contribution in [-0.2, 0) is 6.54 Å². The van der Waals surface area contributed by atoms with E-state index in [1.54, 1.807) is 12.3 Å². The Hall–Kier alpha value is -3.22. The second kappa shape index (κ2) is 6.91. The van der Waals surface area contributed by atoms with Crippen LogP contribution in [0.15, 0.2) is 48.7 Å². The highest BCUT2D eigenvalue weighted by molar-refractivity contribution is 5.88. The summed E-state index contributed by atoms with van der Waals surface area (Å²) in [5.74, 6) is 0.932. The van der Waals surface area contributed by atoms with Gasteiger partial charge < -0.3 is 5.32 Å². The van der Waals surface area contributed by atoms with Crippen LogP contribution < -0.4 is 10.6 Å². The quantitative estimate of drug-likeness (QED) is 0.773. The van der Waals surface area contributed by atoms with Crippen LogP contribution in [0.1, 0.15) is 17.0 Å². The van der Waals surface area contributed by atoms with E-state index in [0.29, 0.717) is 18.3 Å². The van der Waals surface area contributed by atoms with Gasteiger partial charge in [-0.25, -0.2) is 14.8 Å². The van der Waals surface area contributed by atoms with Crippen molar-refractivity contribution >= 4 is 11.8 Å². The number of aryl methyl sites for hydroxylation is 2. The number of aromatic nitrogens is 4. The predicted molar refractivity (Wildman–Crippen MR) is 90.9 cm³/mol. The number of hydrogen-bond acceptors (Lipinski definition) is 4. The highest BCUT2D eigenvalue weighted by atomic mass is 16.2. The Morgan fingerprint density at radius 1 is 1.08 bits per heavy atom. The van der Waals surface area contributed by atoms with E-state index in [2.05, 4.69) is 25.7 Å². The van der Waals surface area contributed by atoms with Crippen LogP contribution in [0.3, 0.4) is 0 Å². The van der Waals surface area contributed by atoms with E-state index in [9.17, 15) is 4.79 Å². The lowest BCUT2D eigenvalue weighted by atomic mass is 10.2. The minimum absolute atomic E-state index is 0.315. The van der Waals surface area contributed by atoms with Crippen LogP contribution in [0.4, 0.5) is 10.6 Å². The lowest BCUT2D eigenvalue weighted by Gasteiger charge is -2.10. The summed E-state index contributed by atoms with van der Waals surface area (Å²) in [5.41, 5.74) is 2.71. The van der Waals surface area contributed by atoms with Gasteiger partial charge in [-0.05, 0) is 25.5 Å². The van der Waals surface area contributed by atoms with Crippen molar-refractivity contribution < 1.29 is 4.79 Å². The zero-order valence-corrected chi connectivity index (χ0v) is 13.5. The third-order valence-corrected chi connectivity index (χ3v) is 3.34. The van der Waals surface area contributed by atoms with E-state index >= 15 is 0 Å². The first-order valence-electron chi connectivity index (χ1n) is 7.57. The fourth-order valence-corrected chi connectivity index (χ4v) is 2.30. The Kier molecular flexibility index (Phi) is 4.51. The molecule has 122 valence electrons. The molecule has 0 saturated carbocycles. The second-order valence-electron chi connectivity index (χ2n) is 5.37. The minimum atomic E-state index is -0.315. The molecule has 2 amide bonds. The van der Waals surface area contributed by atoms with Crippen molar-refractivity contribution in [2.75, 3.05) is 5.32 Å². The number of nitrogens with one attached hydrogen (secondary N) is 2. The van der Waals surface area contributed by atoms with Crippen molar-refractivity contribution in [3.63, 3.8) is 0 Å². The summed E-state index contributed by atoms with van der Waals surface area (Å²) in [7, 11) is 0. The fraction of sp³-hybridized carbons (Fsp3) is 0.176. The van der Waals surface area contributed by atoms with Crippen molar-refractivity contribution in [1.82, 2.24) is 25.1 Å². The molecule has 7 heteroatoms. The molecule has 1 aromatic carbocycles. The fourth-order valence-electron chi connectivity index (χ4n) is 2.30. The molecular formula is C17H18N6O. The highest BCUT2D eigenvalue weighted by Gasteiger charge is 2.11. The van der Waals surface area contributed by atoms with E-state index in [1.165, 1.54) is 4.68 Å². The largest absolute Gasteiger partial charge is 0.334 e. The number of benzene rings is 1. The standard InChI is InChI=1S/C17H18N6O/c1-12-10-13(2)21-16(20-12)23-15(8-9-19-23)22-17(24)18-11-14-6-4-3-5-7-14/h3-10H,11H2,1-2H3,(H2,18,22,24). The molecule has 0 radical (unpaired) electrons. The summed E-state index contributed by atoms with van der Waals surface area (Å²) in [6.45, 7) is 4.23. The second-order valence-corrected chi connectivity index (χ2v) is 5.37. The highest BCUT2D eigenvalue weighted by Crippen LogP contribution is 2.12. The van der Waals surface area contributed by atoms with Gasteiger partial charge in [-0.3, -0.25) is 5.32 Å². The summed E-state index contributed by atoms with van der Waals surface area (Å²) >= 11 is 0. The number of urea groups is 1. The van der Waals surface area contributed by atoms with E-state index < -0.39 is 0 Å². The first-order chi connectivity index (χ1) is 11.6. The molecule has 7 nitrogen and oxygen atoms in total. The third kappa shape index (κ3) is 3.75. The molecule has 0 unspecified atom stereocenters.